The van der Waals surface area contributed by atoms with Gasteiger partial charge in [0.25, 0.3) is 0 Å². The minimum Gasteiger partial charge on any atom is -0.314 e. The van der Waals surface area contributed by atoms with Gasteiger partial charge in [0.15, 0.2) is 0 Å². The standard InChI is InChI=1S/C12H18N2O/c1-12(2,3)8-11(15)14(4)10-6-5-7-13-9-10/h5-7,9H,8H2,1-4H3. The number of anilines is 1. The lowest BCUT2D eigenvalue weighted by molar-refractivity contribution is -0.120. The highest BCUT2D eigenvalue weighted by Gasteiger charge is 2.19. The highest BCUT2D eigenvalue weighted by Crippen LogP contribution is 2.21. The lowest BCUT2D eigenvalue weighted by atomic mass is 9.91. The van der Waals surface area contributed by atoms with Gasteiger partial charge in [0, 0.05) is 19.7 Å². The van der Waals surface area contributed by atoms with E-state index in [0.717, 1.165) is 5.69 Å². The molecule has 0 saturated heterocycles. The van der Waals surface area contributed by atoms with Crippen LogP contribution in [0.4, 0.5) is 5.69 Å². The third kappa shape index (κ3) is 3.70. The molecule has 0 unspecified atom stereocenters. The minimum atomic E-state index is 0.0214. The fraction of sp³-hybridized carbons (Fsp3) is 0.500. The predicted octanol–water partition coefficient (Wildman–Crippen LogP) is 2.48. The van der Waals surface area contributed by atoms with E-state index in [4.69, 9.17) is 0 Å². The quantitative estimate of drug-likeness (QED) is 0.744. The Kier molecular flexibility index (Phi) is 3.45. The van der Waals surface area contributed by atoms with E-state index < -0.39 is 0 Å². The highest BCUT2D eigenvalue weighted by atomic mass is 16.2. The molecule has 0 N–H and O–H groups in total. The summed E-state index contributed by atoms with van der Waals surface area (Å²) in [6, 6.07) is 3.71. The van der Waals surface area contributed by atoms with Crippen molar-refractivity contribution in [3.8, 4) is 0 Å². The van der Waals surface area contributed by atoms with Crippen molar-refractivity contribution in [1.82, 2.24) is 4.98 Å². The van der Waals surface area contributed by atoms with Crippen molar-refractivity contribution in [1.29, 1.82) is 0 Å². The van der Waals surface area contributed by atoms with Gasteiger partial charge in [0.1, 0.15) is 0 Å². The molecule has 1 aromatic heterocycles. The molecule has 0 spiro atoms. The van der Waals surface area contributed by atoms with Gasteiger partial charge in [-0.15, -0.1) is 0 Å². The van der Waals surface area contributed by atoms with E-state index in [1.807, 2.05) is 12.1 Å². The summed E-state index contributed by atoms with van der Waals surface area (Å²) in [5.74, 6) is 0.121. The largest absolute Gasteiger partial charge is 0.314 e. The van der Waals surface area contributed by atoms with Crippen LogP contribution in [-0.4, -0.2) is 17.9 Å². The van der Waals surface area contributed by atoms with Crippen LogP contribution in [0.25, 0.3) is 0 Å². The molecule has 15 heavy (non-hydrogen) atoms. The molecule has 0 radical (unpaired) electrons. The van der Waals surface area contributed by atoms with E-state index in [-0.39, 0.29) is 11.3 Å². The van der Waals surface area contributed by atoms with Crippen LogP contribution in [0, 0.1) is 5.41 Å². The monoisotopic (exact) mass is 206 g/mol. The van der Waals surface area contributed by atoms with Crippen molar-refractivity contribution < 1.29 is 4.79 Å². The second kappa shape index (κ2) is 4.43. The van der Waals surface area contributed by atoms with E-state index in [1.54, 1.807) is 24.3 Å². The third-order valence-corrected chi connectivity index (χ3v) is 2.09. The van der Waals surface area contributed by atoms with Crippen LogP contribution in [0.5, 0.6) is 0 Å². The molecule has 0 fully saturated rings. The minimum absolute atomic E-state index is 0.0214. The number of aromatic nitrogens is 1. The lowest BCUT2D eigenvalue weighted by Crippen LogP contribution is -2.29. The van der Waals surface area contributed by atoms with Gasteiger partial charge in [-0.2, -0.15) is 0 Å². The average Bonchev–Trinajstić information content (AvgIpc) is 2.15. The van der Waals surface area contributed by atoms with Crippen LogP contribution < -0.4 is 4.90 Å². The van der Waals surface area contributed by atoms with Gasteiger partial charge < -0.3 is 4.90 Å². The molecule has 3 nitrogen and oxygen atoms in total. The van der Waals surface area contributed by atoms with Gasteiger partial charge in [0.2, 0.25) is 5.91 Å². The molecule has 3 heteroatoms. The summed E-state index contributed by atoms with van der Waals surface area (Å²) in [6.45, 7) is 6.17. The zero-order valence-corrected chi connectivity index (χ0v) is 9.82. The van der Waals surface area contributed by atoms with Gasteiger partial charge in [-0.25, -0.2) is 0 Å². The Hall–Kier alpha value is -1.38. The molecule has 0 atom stereocenters. The molecule has 1 heterocycles. The van der Waals surface area contributed by atoms with Crippen molar-refractivity contribution in [3.05, 3.63) is 24.5 Å². The van der Waals surface area contributed by atoms with E-state index in [2.05, 4.69) is 25.8 Å². The molecular weight excluding hydrogens is 188 g/mol. The molecule has 0 saturated carbocycles. The average molecular weight is 206 g/mol. The zero-order valence-electron chi connectivity index (χ0n) is 9.82. The zero-order chi connectivity index (χ0) is 11.5. The van der Waals surface area contributed by atoms with E-state index >= 15 is 0 Å². The van der Waals surface area contributed by atoms with E-state index in [0.29, 0.717) is 6.42 Å². The van der Waals surface area contributed by atoms with E-state index in [1.165, 1.54) is 0 Å². The Morgan fingerprint density at radius 1 is 1.47 bits per heavy atom. The first-order valence-electron chi connectivity index (χ1n) is 5.07. The van der Waals surface area contributed by atoms with Gasteiger partial charge >= 0.3 is 0 Å². The molecule has 82 valence electrons. The molecule has 1 rings (SSSR count). The van der Waals surface area contributed by atoms with Crippen LogP contribution in [0.2, 0.25) is 0 Å². The SMILES string of the molecule is CN(C(=O)CC(C)(C)C)c1cccnc1. The van der Waals surface area contributed by atoms with Crippen LogP contribution in [-0.2, 0) is 4.79 Å². The molecule has 1 aromatic rings. The molecule has 0 aromatic carbocycles. The van der Waals surface area contributed by atoms with Crippen LogP contribution in [0.1, 0.15) is 27.2 Å². The Balaban J connectivity index is 2.70. The van der Waals surface area contributed by atoms with Gasteiger partial charge in [-0.05, 0) is 17.5 Å². The Bertz CT molecular complexity index is 327. The molecule has 1 amide bonds. The number of rotatable bonds is 2. The molecule has 0 bridgehead atoms. The van der Waals surface area contributed by atoms with Crippen molar-refractivity contribution in [2.45, 2.75) is 27.2 Å². The maximum absolute atomic E-state index is 11.9. The molecular formula is C12H18N2O. The number of carbonyl (C=O) groups excluding carboxylic acids is 1. The highest BCUT2D eigenvalue weighted by molar-refractivity contribution is 5.92. The number of pyridine rings is 1. The molecule has 0 aliphatic rings. The number of hydrogen-bond acceptors (Lipinski definition) is 2. The Morgan fingerprint density at radius 2 is 2.13 bits per heavy atom. The van der Waals surface area contributed by atoms with E-state index in [9.17, 15) is 4.79 Å². The maximum atomic E-state index is 11.9. The Morgan fingerprint density at radius 3 is 2.60 bits per heavy atom. The summed E-state index contributed by atoms with van der Waals surface area (Å²) in [6.07, 6.45) is 3.94. The smallest absolute Gasteiger partial charge is 0.227 e. The second-order valence-electron chi connectivity index (χ2n) is 4.90. The van der Waals surface area contributed by atoms with Gasteiger partial charge in [0.05, 0.1) is 11.9 Å². The van der Waals surface area contributed by atoms with Crippen LogP contribution in [0.3, 0.4) is 0 Å². The summed E-state index contributed by atoms with van der Waals surface area (Å²) in [4.78, 5) is 17.5. The normalized spacial score (nSPS) is 11.2. The summed E-state index contributed by atoms with van der Waals surface area (Å²) in [5.41, 5.74) is 0.861. The summed E-state index contributed by atoms with van der Waals surface area (Å²) >= 11 is 0. The first-order valence-corrected chi connectivity index (χ1v) is 5.07. The predicted molar refractivity (Wildman–Crippen MR) is 61.7 cm³/mol. The number of nitrogens with zero attached hydrogens (tertiary/aromatic N) is 2. The maximum Gasteiger partial charge on any atom is 0.227 e. The number of carbonyl (C=O) groups is 1. The fourth-order valence-electron chi connectivity index (χ4n) is 1.27. The summed E-state index contributed by atoms with van der Waals surface area (Å²) in [7, 11) is 1.78. The van der Waals surface area contributed by atoms with Crippen molar-refractivity contribution >= 4 is 11.6 Å². The van der Waals surface area contributed by atoms with Crippen LogP contribution in [0.15, 0.2) is 24.5 Å². The molecule has 0 aliphatic heterocycles. The van der Waals surface area contributed by atoms with Gasteiger partial charge in [-0.3, -0.25) is 9.78 Å². The van der Waals surface area contributed by atoms with Crippen molar-refractivity contribution in [3.63, 3.8) is 0 Å². The molecule has 0 aliphatic carbocycles. The second-order valence-corrected chi connectivity index (χ2v) is 4.90. The summed E-state index contributed by atoms with van der Waals surface area (Å²) < 4.78 is 0. The fourth-order valence-corrected chi connectivity index (χ4v) is 1.27. The van der Waals surface area contributed by atoms with Crippen LogP contribution >= 0.6 is 0 Å². The van der Waals surface area contributed by atoms with Gasteiger partial charge in [-0.1, -0.05) is 20.8 Å². The first kappa shape index (κ1) is 11.7. The Labute approximate surface area is 91.1 Å². The third-order valence-electron chi connectivity index (χ3n) is 2.09. The number of hydrogen-bond donors (Lipinski definition) is 0. The van der Waals surface area contributed by atoms with Crippen molar-refractivity contribution in [2.75, 3.05) is 11.9 Å². The topological polar surface area (TPSA) is 33.2 Å². The lowest BCUT2D eigenvalue weighted by Gasteiger charge is -2.23. The first-order chi connectivity index (χ1) is 6.90. The van der Waals surface area contributed by atoms with Crippen molar-refractivity contribution in [2.24, 2.45) is 5.41 Å². The number of amides is 1. The summed E-state index contributed by atoms with van der Waals surface area (Å²) in [5, 5.41) is 0.